The third-order valence-electron chi connectivity index (χ3n) is 4.82. The number of para-hydroxylation sites is 2. The van der Waals surface area contributed by atoms with Crippen molar-refractivity contribution in [1.82, 2.24) is 15.0 Å². The van der Waals surface area contributed by atoms with E-state index < -0.39 is 0 Å². The lowest BCUT2D eigenvalue weighted by molar-refractivity contribution is -0.118. The molecule has 4 rings (SSSR count). The molecule has 1 amide bonds. The molecule has 0 spiro atoms. The number of hydrogen-bond donors (Lipinski definition) is 3. The summed E-state index contributed by atoms with van der Waals surface area (Å²) in [5, 5.41) is 23.7. The van der Waals surface area contributed by atoms with Crippen molar-refractivity contribution < 1.29 is 15.0 Å². The van der Waals surface area contributed by atoms with Crippen LogP contribution in [0.2, 0.25) is 0 Å². The number of aryl methyl sites for hydroxylation is 1. The van der Waals surface area contributed by atoms with Crippen molar-refractivity contribution in [3.8, 4) is 11.5 Å². The number of nitrogens with one attached hydrogen (secondary N) is 1. The molecule has 0 unspecified atom stereocenters. The molecule has 1 heterocycles. The predicted octanol–water partition coefficient (Wildman–Crippen LogP) is 4.05. The molecule has 1 aromatic heterocycles. The molecular weight excluding hydrogens is 424 g/mol. The molecule has 0 bridgehead atoms. The summed E-state index contributed by atoms with van der Waals surface area (Å²) >= 11 is 1.34. The van der Waals surface area contributed by atoms with Gasteiger partial charge in [0, 0.05) is 11.6 Å². The third kappa shape index (κ3) is 5.09. The Hall–Kier alpha value is -3.78. The highest BCUT2D eigenvalue weighted by Gasteiger charge is 2.13. The van der Waals surface area contributed by atoms with E-state index in [0.29, 0.717) is 12.1 Å². The molecule has 0 atom stereocenters. The SMILES string of the molecule is Cc1ccc(Cn2c(SCC(=O)NN=Cc3ccc(O)cc3O)nc3ccccc32)cc1. The molecule has 0 fully saturated rings. The second kappa shape index (κ2) is 9.57. The van der Waals surface area contributed by atoms with E-state index in [0.717, 1.165) is 21.8 Å². The lowest BCUT2D eigenvalue weighted by atomic mass is 10.1. The Balaban J connectivity index is 1.44. The molecule has 4 aromatic rings. The molecule has 0 aliphatic heterocycles. The first-order valence-corrected chi connectivity index (χ1v) is 11.0. The maximum absolute atomic E-state index is 12.3. The lowest BCUT2D eigenvalue weighted by Crippen LogP contribution is -2.20. The molecule has 3 aromatic carbocycles. The fraction of sp³-hybridized carbons (Fsp3) is 0.125. The number of benzene rings is 3. The number of thioether (sulfide) groups is 1. The smallest absolute Gasteiger partial charge is 0.250 e. The summed E-state index contributed by atoms with van der Waals surface area (Å²) in [6, 6.07) is 20.4. The van der Waals surface area contributed by atoms with Gasteiger partial charge in [0.1, 0.15) is 11.5 Å². The number of phenols is 2. The highest BCUT2D eigenvalue weighted by atomic mass is 32.2. The van der Waals surface area contributed by atoms with Gasteiger partial charge in [0.25, 0.3) is 5.91 Å². The van der Waals surface area contributed by atoms with Crippen LogP contribution in [0, 0.1) is 6.92 Å². The molecule has 0 radical (unpaired) electrons. The summed E-state index contributed by atoms with van der Waals surface area (Å²) < 4.78 is 2.11. The Morgan fingerprint density at radius 3 is 2.69 bits per heavy atom. The molecule has 32 heavy (non-hydrogen) atoms. The summed E-state index contributed by atoms with van der Waals surface area (Å²) in [5.74, 6) is -0.329. The van der Waals surface area contributed by atoms with E-state index in [1.807, 2.05) is 24.3 Å². The Kier molecular flexibility index (Phi) is 6.42. The summed E-state index contributed by atoms with van der Waals surface area (Å²) in [6.45, 7) is 2.71. The van der Waals surface area contributed by atoms with Gasteiger partial charge >= 0.3 is 0 Å². The maximum atomic E-state index is 12.3. The maximum Gasteiger partial charge on any atom is 0.250 e. The van der Waals surface area contributed by atoms with Crippen molar-refractivity contribution in [2.45, 2.75) is 18.6 Å². The number of amides is 1. The molecule has 3 N–H and O–H groups in total. The van der Waals surface area contributed by atoms with Crippen molar-refractivity contribution in [2.75, 3.05) is 5.75 Å². The van der Waals surface area contributed by atoms with Gasteiger partial charge in [-0.1, -0.05) is 53.7 Å². The van der Waals surface area contributed by atoms with Crippen molar-refractivity contribution in [3.05, 3.63) is 83.4 Å². The van der Waals surface area contributed by atoms with Crippen molar-refractivity contribution in [2.24, 2.45) is 5.10 Å². The average Bonchev–Trinajstić information content (AvgIpc) is 3.13. The number of carbonyl (C=O) groups is 1. The first-order valence-electron chi connectivity index (χ1n) is 9.97. The van der Waals surface area contributed by atoms with E-state index in [9.17, 15) is 15.0 Å². The molecule has 0 aliphatic carbocycles. The Bertz CT molecular complexity index is 1280. The van der Waals surface area contributed by atoms with Crippen LogP contribution < -0.4 is 5.43 Å². The molecule has 8 heteroatoms. The van der Waals surface area contributed by atoms with E-state index in [1.54, 1.807) is 0 Å². The fourth-order valence-electron chi connectivity index (χ4n) is 3.17. The van der Waals surface area contributed by atoms with Crippen LogP contribution in [-0.2, 0) is 11.3 Å². The first kappa shape index (κ1) is 21.5. The number of imidazole rings is 1. The van der Waals surface area contributed by atoms with Gasteiger partial charge < -0.3 is 14.8 Å². The van der Waals surface area contributed by atoms with Gasteiger partial charge in [-0.25, -0.2) is 10.4 Å². The van der Waals surface area contributed by atoms with Crippen LogP contribution in [0.3, 0.4) is 0 Å². The summed E-state index contributed by atoms with van der Waals surface area (Å²) in [4.78, 5) is 17.0. The van der Waals surface area contributed by atoms with E-state index in [1.165, 1.54) is 41.7 Å². The van der Waals surface area contributed by atoms with Gasteiger partial charge in [0.2, 0.25) is 0 Å². The van der Waals surface area contributed by atoms with Gasteiger partial charge in [-0.3, -0.25) is 4.79 Å². The monoisotopic (exact) mass is 446 g/mol. The second-order valence-electron chi connectivity index (χ2n) is 7.28. The van der Waals surface area contributed by atoms with Crippen LogP contribution in [0.4, 0.5) is 0 Å². The number of phenolic OH excluding ortho intramolecular Hbond substituents is 2. The van der Waals surface area contributed by atoms with E-state index in [2.05, 4.69) is 46.3 Å². The van der Waals surface area contributed by atoms with E-state index in [4.69, 9.17) is 4.98 Å². The number of carbonyl (C=O) groups excluding carboxylic acids is 1. The summed E-state index contributed by atoms with van der Waals surface area (Å²) in [6.07, 6.45) is 1.32. The minimum atomic E-state index is -0.293. The van der Waals surface area contributed by atoms with Gasteiger partial charge in [0.15, 0.2) is 5.16 Å². The third-order valence-corrected chi connectivity index (χ3v) is 5.80. The summed E-state index contributed by atoms with van der Waals surface area (Å²) in [7, 11) is 0. The van der Waals surface area contributed by atoms with Gasteiger partial charge in [-0.15, -0.1) is 0 Å². The number of aromatic nitrogens is 2. The van der Waals surface area contributed by atoms with Gasteiger partial charge in [-0.05, 0) is 36.8 Å². The topological polar surface area (TPSA) is 99.7 Å². The number of hydrogen-bond acceptors (Lipinski definition) is 6. The van der Waals surface area contributed by atoms with Crippen LogP contribution in [-0.4, -0.2) is 37.6 Å². The zero-order chi connectivity index (χ0) is 22.5. The van der Waals surface area contributed by atoms with E-state index in [-0.39, 0.29) is 23.2 Å². The zero-order valence-corrected chi connectivity index (χ0v) is 18.2. The zero-order valence-electron chi connectivity index (χ0n) is 17.4. The number of nitrogens with zero attached hydrogens (tertiary/aromatic N) is 3. The van der Waals surface area contributed by atoms with Crippen LogP contribution in [0.25, 0.3) is 11.0 Å². The van der Waals surface area contributed by atoms with Crippen LogP contribution in [0.5, 0.6) is 11.5 Å². The highest BCUT2D eigenvalue weighted by Crippen LogP contribution is 2.25. The van der Waals surface area contributed by atoms with Crippen molar-refractivity contribution >= 4 is 34.9 Å². The molecule has 0 saturated heterocycles. The highest BCUT2D eigenvalue weighted by molar-refractivity contribution is 7.99. The minimum Gasteiger partial charge on any atom is -0.508 e. The van der Waals surface area contributed by atoms with Crippen molar-refractivity contribution in [1.29, 1.82) is 0 Å². The molecule has 0 aliphatic rings. The van der Waals surface area contributed by atoms with Crippen LogP contribution in [0.1, 0.15) is 16.7 Å². The van der Waals surface area contributed by atoms with Crippen molar-refractivity contribution in [3.63, 3.8) is 0 Å². The number of aromatic hydroxyl groups is 2. The second-order valence-corrected chi connectivity index (χ2v) is 8.22. The molecule has 0 saturated carbocycles. The molecule has 162 valence electrons. The minimum absolute atomic E-state index is 0.0476. The average molecular weight is 447 g/mol. The fourth-order valence-corrected chi connectivity index (χ4v) is 3.98. The number of fused-ring (bicyclic) bond motifs is 1. The predicted molar refractivity (Wildman–Crippen MR) is 126 cm³/mol. The Labute approximate surface area is 189 Å². The Morgan fingerprint density at radius 2 is 1.91 bits per heavy atom. The Morgan fingerprint density at radius 1 is 1.12 bits per heavy atom. The van der Waals surface area contributed by atoms with Gasteiger partial charge in [0.05, 0.1) is 29.5 Å². The molecule has 7 nitrogen and oxygen atoms in total. The first-order chi connectivity index (χ1) is 15.5. The number of hydrazone groups is 1. The normalized spacial score (nSPS) is 11.3. The van der Waals surface area contributed by atoms with E-state index >= 15 is 0 Å². The largest absolute Gasteiger partial charge is 0.508 e. The molecular formula is C24H22N4O3S. The standard InChI is InChI=1S/C24H22N4O3S/c1-16-6-8-17(9-7-16)14-28-21-5-3-2-4-20(21)26-24(28)32-15-23(31)27-25-13-18-10-11-19(29)12-22(18)30/h2-13,29-30H,14-15H2,1H3,(H,27,31). The van der Waals surface area contributed by atoms with Crippen LogP contribution in [0.15, 0.2) is 77.0 Å². The summed E-state index contributed by atoms with van der Waals surface area (Å²) in [5.41, 5.74) is 7.09. The quantitative estimate of drug-likeness (QED) is 0.226. The van der Waals surface area contributed by atoms with Gasteiger partial charge in [-0.2, -0.15) is 5.10 Å². The van der Waals surface area contributed by atoms with Crippen LogP contribution >= 0.6 is 11.8 Å². The number of rotatable bonds is 7. The lowest BCUT2D eigenvalue weighted by Gasteiger charge is -2.09.